The van der Waals surface area contributed by atoms with Gasteiger partial charge in [0.1, 0.15) is 24.4 Å². The first-order valence-corrected chi connectivity index (χ1v) is 18.1. The van der Waals surface area contributed by atoms with E-state index in [1.165, 1.54) is 4.90 Å². The predicted octanol–water partition coefficient (Wildman–Crippen LogP) is 4.24. The van der Waals surface area contributed by atoms with E-state index in [0.717, 1.165) is 16.7 Å². The lowest BCUT2D eigenvalue weighted by Crippen LogP contribution is -2.58. The second kappa shape index (κ2) is 15.0. The minimum atomic E-state index is -1.48. The number of allylic oxidation sites excluding steroid dienone is 1. The smallest absolute Gasteiger partial charge is 0.306 e. The molecule has 7 rings (SSSR count). The van der Waals surface area contributed by atoms with Gasteiger partial charge in [-0.05, 0) is 35.6 Å². The Balaban J connectivity index is 1.33. The maximum atomic E-state index is 15.1. The van der Waals surface area contributed by atoms with Crippen molar-refractivity contribution in [1.29, 1.82) is 0 Å². The first kappa shape index (κ1) is 34.9. The van der Waals surface area contributed by atoms with Crippen LogP contribution in [0.4, 0.5) is 0 Å². The van der Waals surface area contributed by atoms with Gasteiger partial charge in [0.05, 0.1) is 30.5 Å². The van der Waals surface area contributed by atoms with Crippen LogP contribution in [-0.4, -0.2) is 82.1 Å². The van der Waals surface area contributed by atoms with Gasteiger partial charge in [0.15, 0.2) is 0 Å². The Morgan fingerprint density at radius 2 is 1.55 bits per heavy atom. The number of carbonyl (C=O) groups is 4. The fourth-order valence-electron chi connectivity index (χ4n) is 7.92. The van der Waals surface area contributed by atoms with Gasteiger partial charge in [-0.25, -0.2) is 0 Å². The Morgan fingerprint density at radius 1 is 0.882 bits per heavy atom. The summed E-state index contributed by atoms with van der Waals surface area (Å²) < 4.78 is 12.9. The van der Waals surface area contributed by atoms with Crippen molar-refractivity contribution >= 4 is 39.6 Å². The highest BCUT2D eigenvalue weighted by Gasteiger charge is 2.75. The maximum Gasteiger partial charge on any atom is 0.306 e. The molecule has 2 N–H and O–H groups in total. The molecule has 11 heteroatoms. The van der Waals surface area contributed by atoms with Crippen LogP contribution in [0.3, 0.4) is 0 Å². The number of aliphatic hydroxyl groups excluding tert-OH is 1. The third-order valence-corrected chi connectivity index (χ3v) is 11.0. The standard InChI is InChI=1S/C40H40BrN3O7/c41-30-22-40-34-33(35(30)51-40)37(47)42-31(28-17-9-3-10-18-28)25-50-32(46)19-11-4-12-20-43(23-27-15-7-2-8-16-27)39(49)36(40)44(38(34)48)29(24-45)21-26-13-5-1-6-14-26/h1-10,12-18,22,29,31,33-36,45H,11,19-21,23-25H2,(H,42,47)/b12-4-/t29-,31-,33-,34+,35-,36-,40+/m1/s1. The highest BCUT2D eigenvalue weighted by Crippen LogP contribution is 2.59. The normalized spacial score (nSPS) is 29.3. The number of carbonyl (C=O) groups excluding carboxylic acids is 4. The molecule has 4 aliphatic heterocycles. The minimum absolute atomic E-state index is 0.0982. The Labute approximate surface area is 305 Å². The summed E-state index contributed by atoms with van der Waals surface area (Å²) in [7, 11) is 0. The number of aliphatic hydroxyl groups is 1. The number of fused-ring (bicyclic) bond motifs is 2. The summed E-state index contributed by atoms with van der Waals surface area (Å²) in [6, 6.07) is 25.6. The summed E-state index contributed by atoms with van der Waals surface area (Å²) in [5, 5.41) is 13.9. The largest absolute Gasteiger partial charge is 0.463 e. The average Bonchev–Trinajstić information content (AvgIpc) is 3.75. The van der Waals surface area contributed by atoms with Crippen LogP contribution in [-0.2, 0) is 41.6 Å². The van der Waals surface area contributed by atoms with Crippen molar-refractivity contribution in [3.63, 3.8) is 0 Å². The zero-order valence-corrected chi connectivity index (χ0v) is 29.6. The molecule has 0 aliphatic carbocycles. The number of nitrogens with zero attached hydrogens (tertiary/aromatic N) is 2. The Bertz CT molecular complexity index is 1820. The first-order valence-electron chi connectivity index (χ1n) is 17.3. The predicted molar refractivity (Wildman–Crippen MR) is 192 cm³/mol. The molecule has 0 saturated carbocycles. The van der Waals surface area contributed by atoms with Crippen LogP contribution in [0.15, 0.2) is 114 Å². The van der Waals surface area contributed by atoms with Crippen molar-refractivity contribution < 1.29 is 33.8 Å². The number of cyclic esters (lactones) is 1. The van der Waals surface area contributed by atoms with Crippen molar-refractivity contribution in [1.82, 2.24) is 15.1 Å². The minimum Gasteiger partial charge on any atom is -0.463 e. The van der Waals surface area contributed by atoms with Gasteiger partial charge in [-0.2, -0.15) is 0 Å². The van der Waals surface area contributed by atoms with E-state index in [9.17, 15) is 19.5 Å². The van der Waals surface area contributed by atoms with E-state index < -0.39 is 66.1 Å². The number of hydrogen-bond acceptors (Lipinski definition) is 7. The molecule has 3 amide bonds. The second-order valence-electron chi connectivity index (χ2n) is 13.5. The van der Waals surface area contributed by atoms with Crippen molar-refractivity contribution in [3.05, 3.63) is 130 Å². The van der Waals surface area contributed by atoms with Gasteiger partial charge in [-0.1, -0.05) is 119 Å². The van der Waals surface area contributed by atoms with Crippen molar-refractivity contribution in [2.24, 2.45) is 11.8 Å². The zero-order valence-electron chi connectivity index (χ0n) is 28.0. The fourth-order valence-corrected chi connectivity index (χ4v) is 8.65. The second-order valence-corrected chi connectivity index (χ2v) is 14.4. The van der Waals surface area contributed by atoms with Gasteiger partial charge in [-0.3, -0.25) is 19.2 Å². The Morgan fingerprint density at radius 3 is 2.24 bits per heavy atom. The van der Waals surface area contributed by atoms with E-state index in [1.807, 2.05) is 103 Å². The molecular weight excluding hydrogens is 714 g/mol. The molecule has 0 radical (unpaired) electrons. The molecule has 3 aromatic carbocycles. The molecule has 10 nitrogen and oxygen atoms in total. The molecule has 5 bridgehead atoms. The van der Waals surface area contributed by atoms with Gasteiger partial charge >= 0.3 is 5.97 Å². The number of rotatable bonds is 7. The lowest BCUT2D eigenvalue weighted by Gasteiger charge is -2.39. The number of likely N-dealkylation sites (tertiary alicyclic amines) is 1. The first-order chi connectivity index (χ1) is 24.8. The lowest BCUT2D eigenvalue weighted by molar-refractivity contribution is -0.151. The number of ether oxygens (including phenoxy) is 2. The monoisotopic (exact) mass is 753 g/mol. The van der Waals surface area contributed by atoms with E-state index in [2.05, 4.69) is 21.2 Å². The quantitative estimate of drug-likeness (QED) is 0.273. The molecule has 1 spiro atoms. The molecule has 0 unspecified atom stereocenters. The van der Waals surface area contributed by atoms with E-state index in [-0.39, 0.29) is 32.0 Å². The highest BCUT2D eigenvalue weighted by atomic mass is 79.9. The number of amides is 3. The van der Waals surface area contributed by atoms with Gasteiger partial charge < -0.3 is 29.7 Å². The van der Waals surface area contributed by atoms with Crippen LogP contribution in [0, 0.1) is 11.8 Å². The molecule has 7 atom stereocenters. The molecule has 264 valence electrons. The third-order valence-electron chi connectivity index (χ3n) is 10.3. The maximum absolute atomic E-state index is 15.1. The van der Waals surface area contributed by atoms with Crippen LogP contribution in [0.25, 0.3) is 0 Å². The number of hydrogen-bond donors (Lipinski definition) is 2. The average molecular weight is 755 g/mol. The van der Waals surface area contributed by atoms with Gasteiger partial charge in [0, 0.05) is 24.0 Å². The summed E-state index contributed by atoms with van der Waals surface area (Å²) in [5.74, 6) is -3.72. The zero-order chi connectivity index (χ0) is 35.5. The molecule has 2 saturated heterocycles. The number of halogens is 1. The molecular formula is C40H40BrN3O7. The molecule has 2 fully saturated rings. The topological polar surface area (TPSA) is 125 Å². The summed E-state index contributed by atoms with van der Waals surface area (Å²) in [6.45, 7) is -0.0683. The van der Waals surface area contributed by atoms with Crippen LogP contribution >= 0.6 is 15.9 Å². The molecule has 4 aliphatic rings. The number of nitrogens with one attached hydrogen (secondary N) is 1. The number of benzene rings is 3. The van der Waals surface area contributed by atoms with Crippen molar-refractivity contribution in [2.75, 3.05) is 19.8 Å². The lowest BCUT2D eigenvalue weighted by atomic mass is 9.74. The van der Waals surface area contributed by atoms with Gasteiger partial charge in [0.2, 0.25) is 17.7 Å². The fraction of sp³-hybridized carbons (Fsp3) is 0.350. The number of esters is 1. The summed E-state index contributed by atoms with van der Waals surface area (Å²) >= 11 is 3.63. The van der Waals surface area contributed by atoms with Crippen LogP contribution in [0.1, 0.15) is 35.6 Å². The van der Waals surface area contributed by atoms with Crippen LogP contribution in [0.5, 0.6) is 0 Å². The summed E-state index contributed by atoms with van der Waals surface area (Å²) in [4.78, 5) is 60.5. The van der Waals surface area contributed by atoms with E-state index in [4.69, 9.17) is 9.47 Å². The molecule has 3 aromatic rings. The van der Waals surface area contributed by atoms with E-state index in [1.54, 1.807) is 11.0 Å². The van der Waals surface area contributed by atoms with Crippen LogP contribution in [0.2, 0.25) is 0 Å². The Kier molecular flexibility index (Phi) is 10.2. The third kappa shape index (κ3) is 6.78. The van der Waals surface area contributed by atoms with Gasteiger partial charge in [-0.15, -0.1) is 0 Å². The van der Waals surface area contributed by atoms with E-state index in [0.29, 0.717) is 17.3 Å². The van der Waals surface area contributed by atoms with Crippen molar-refractivity contribution in [2.45, 2.75) is 55.6 Å². The van der Waals surface area contributed by atoms with Gasteiger partial charge in [0.25, 0.3) is 0 Å². The molecule has 4 heterocycles. The highest BCUT2D eigenvalue weighted by molar-refractivity contribution is 9.11. The SMILES string of the molecule is O=C1CC/C=C\CN(Cc2ccccc2)C(=O)[C@H]2N([C@@H](CO)Cc3ccccc3)C(=O)[C@@H]3[C@@H](C(=O)N[C@@H](c4ccccc4)CO1)[C@@H]1O[C@@]32C=C1Br. The summed E-state index contributed by atoms with van der Waals surface area (Å²) in [5.41, 5.74) is 1.03. The van der Waals surface area contributed by atoms with Crippen molar-refractivity contribution in [3.8, 4) is 0 Å². The molecule has 51 heavy (non-hydrogen) atoms. The Hall–Kier alpha value is -4.58. The van der Waals surface area contributed by atoms with Crippen LogP contribution < -0.4 is 5.32 Å². The summed E-state index contributed by atoms with van der Waals surface area (Å²) in [6.07, 6.45) is 5.46. The molecule has 0 aromatic heterocycles. The van der Waals surface area contributed by atoms with E-state index >= 15 is 4.79 Å².